The van der Waals surface area contributed by atoms with E-state index in [0.29, 0.717) is 20.8 Å². The number of carbonyl (C=O) groups is 1. The summed E-state index contributed by atoms with van der Waals surface area (Å²) in [5.74, 6) is -0.477. The third-order valence-electron chi connectivity index (χ3n) is 2.39. The minimum Gasteiger partial charge on any atom is -0.422 e. The van der Waals surface area contributed by atoms with Crippen LogP contribution in [0.4, 0.5) is 4.39 Å². The van der Waals surface area contributed by atoms with Crippen molar-refractivity contribution in [3.05, 3.63) is 69.4 Å². The van der Waals surface area contributed by atoms with Crippen molar-refractivity contribution in [1.29, 1.82) is 0 Å². The van der Waals surface area contributed by atoms with Crippen LogP contribution in [0.3, 0.4) is 0 Å². The van der Waals surface area contributed by atoms with E-state index in [-0.39, 0.29) is 5.82 Å². The summed E-state index contributed by atoms with van der Waals surface area (Å²) in [5, 5.41) is 0.540. The average molecular weight is 356 g/mol. The zero-order valence-corrected chi connectivity index (χ0v) is 12.5. The van der Waals surface area contributed by atoms with Crippen molar-refractivity contribution in [3.63, 3.8) is 0 Å². The van der Waals surface area contributed by atoms with Crippen molar-refractivity contribution in [2.24, 2.45) is 0 Å². The number of hydrogen-bond acceptors (Lipinski definition) is 2. The Morgan fingerprint density at radius 2 is 1.90 bits per heavy atom. The van der Waals surface area contributed by atoms with E-state index in [4.69, 9.17) is 16.3 Å². The molecule has 0 saturated heterocycles. The Kier molecular flexibility index (Phi) is 4.93. The molecule has 0 aliphatic heterocycles. The molecular formula is C15H9BrClFO2. The molecule has 5 heteroatoms. The molecule has 0 bridgehead atoms. The Morgan fingerprint density at radius 1 is 1.20 bits per heavy atom. The van der Waals surface area contributed by atoms with E-state index >= 15 is 0 Å². The molecule has 2 nitrogen and oxygen atoms in total. The molecule has 0 unspecified atom stereocenters. The number of halogens is 3. The highest BCUT2D eigenvalue weighted by Crippen LogP contribution is 2.28. The van der Waals surface area contributed by atoms with Gasteiger partial charge in [-0.2, -0.15) is 0 Å². The average Bonchev–Trinajstić information content (AvgIpc) is 2.41. The summed E-state index contributed by atoms with van der Waals surface area (Å²) in [6.07, 6.45) is 2.82. The van der Waals surface area contributed by atoms with Crippen LogP contribution in [0.2, 0.25) is 5.02 Å². The Hall–Kier alpha value is -1.65. The van der Waals surface area contributed by atoms with E-state index in [2.05, 4.69) is 15.9 Å². The second-order valence-electron chi connectivity index (χ2n) is 3.88. The molecule has 0 N–H and O–H groups in total. The first-order valence-corrected chi connectivity index (χ1v) is 6.82. The van der Waals surface area contributed by atoms with Crippen molar-refractivity contribution in [2.45, 2.75) is 0 Å². The largest absolute Gasteiger partial charge is 0.422 e. The molecule has 2 aromatic rings. The van der Waals surface area contributed by atoms with Crippen LogP contribution in [0.5, 0.6) is 5.75 Å². The maximum absolute atomic E-state index is 12.7. The molecule has 0 amide bonds. The van der Waals surface area contributed by atoms with E-state index in [9.17, 15) is 9.18 Å². The molecule has 102 valence electrons. The smallest absolute Gasteiger partial charge is 0.336 e. The van der Waals surface area contributed by atoms with Gasteiger partial charge in [0, 0.05) is 11.1 Å². The molecular weight excluding hydrogens is 347 g/mol. The molecule has 0 aromatic heterocycles. The van der Waals surface area contributed by atoms with Gasteiger partial charge in [-0.25, -0.2) is 9.18 Å². The first-order valence-electron chi connectivity index (χ1n) is 5.65. The molecule has 0 spiro atoms. The van der Waals surface area contributed by atoms with Gasteiger partial charge in [0.05, 0.1) is 4.47 Å². The highest BCUT2D eigenvalue weighted by Gasteiger charge is 2.05. The van der Waals surface area contributed by atoms with Gasteiger partial charge in [0.15, 0.2) is 0 Å². The van der Waals surface area contributed by atoms with Gasteiger partial charge in [-0.1, -0.05) is 23.7 Å². The summed E-state index contributed by atoms with van der Waals surface area (Å²) in [6, 6.07) is 10.6. The van der Waals surface area contributed by atoms with Gasteiger partial charge in [-0.15, -0.1) is 0 Å². The zero-order valence-electron chi connectivity index (χ0n) is 10.1. The Bertz CT molecular complexity index is 653. The summed E-state index contributed by atoms with van der Waals surface area (Å²) >= 11 is 9.04. The fourth-order valence-electron chi connectivity index (χ4n) is 1.44. The number of rotatable bonds is 3. The van der Waals surface area contributed by atoms with Crippen molar-refractivity contribution in [2.75, 3.05) is 0 Å². The summed E-state index contributed by atoms with van der Waals surface area (Å²) < 4.78 is 18.4. The van der Waals surface area contributed by atoms with Gasteiger partial charge in [0.25, 0.3) is 0 Å². The molecule has 0 heterocycles. The van der Waals surface area contributed by atoms with Crippen LogP contribution < -0.4 is 4.74 Å². The molecule has 0 aliphatic carbocycles. The lowest BCUT2D eigenvalue weighted by molar-refractivity contribution is -0.128. The normalized spacial score (nSPS) is 10.8. The SMILES string of the molecule is O=C(C=Cc1ccc(F)cc1)Oc1ccc(Cl)cc1Br. The van der Waals surface area contributed by atoms with Crippen LogP contribution in [-0.2, 0) is 4.79 Å². The number of ether oxygens (including phenoxy) is 1. The first-order chi connectivity index (χ1) is 9.54. The van der Waals surface area contributed by atoms with Crippen molar-refractivity contribution in [1.82, 2.24) is 0 Å². The quantitative estimate of drug-likeness (QED) is 0.446. The van der Waals surface area contributed by atoms with E-state index in [1.165, 1.54) is 18.2 Å². The summed E-state index contributed by atoms with van der Waals surface area (Å²) in [4.78, 5) is 11.7. The van der Waals surface area contributed by atoms with E-state index < -0.39 is 5.97 Å². The molecule has 0 saturated carbocycles. The maximum atomic E-state index is 12.7. The lowest BCUT2D eigenvalue weighted by Gasteiger charge is -2.04. The maximum Gasteiger partial charge on any atom is 0.336 e. The number of esters is 1. The van der Waals surface area contributed by atoms with E-state index in [1.807, 2.05) is 0 Å². The highest BCUT2D eigenvalue weighted by molar-refractivity contribution is 9.10. The molecule has 2 aromatic carbocycles. The second-order valence-corrected chi connectivity index (χ2v) is 5.17. The predicted molar refractivity (Wildman–Crippen MR) is 80.2 cm³/mol. The summed E-state index contributed by atoms with van der Waals surface area (Å²) in [5.41, 5.74) is 0.707. The number of carbonyl (C=O) groups excluding carboxylic acids is 1. The third-order valence-corrected chi connectivity index (χ3v) is 3.24. The van der Waals surface area contributed by atoms with Crippen LogP contribution >= 0.6 is 27.5 Å². The van der Waals surface area contributed by atoms with Crippen LogP contribution in [-0.4, -0.2) is 5.97 Å². The van der Waals surface area contributed by atoms with Crippen molar-refractivity contribution in [3.8, 4) is 5.75 Å². The standard InChI is InChI=1S/C15H9BrClFO2/c16-13-9-11(17)4-7-14(13)20-15(19)8-3-10-1-5-12(18)6-2-10/h1-9H. The first kappa shape index (κ1) is 14.8. The van der Waals surface area contributed by atoms with Crippen molar-refractivity contribution >= 4 is 39.6 Å². The Labute approximate surface area is 129 Å². The molecule has 0 atom stereocenters. The number of hydrogen-bond donors (Lipinski definition) is 0. The minimum atomic E-state index is -0.530. The van der Waals surface area contributed by atoms with Gasteiger partial charge >= 0.3 is 5.97 Å². The Morgan fingerprint density at radius 3 is 2.55 bits per heavy atom. The zero-order chi connectivity index (χ0) is 14.5. The van der Waals surface area contributed by atoms with Gasteiger partial charge in [-0.3, -0.25) is 0 Å². The lowest BCUT2D eigenvalue weighted by Crippen LogP contribution is -2.04. The molecule has 0 radical (unpaired) electrons. The fourth-order valence-corrected chi connectivity index (χ4v) is 2.20. The highest BCUT2D eigenvalue weighted by atomic mass is 79.9. The third kappa shape index (κ3) is 4.18. The molecule has 0 aliphatic rings. The van der Waals surface area contributed by atoms with E-state index in [1.54, 1.807) is 36.4 Å². The van der Waals surface area contributed by atoms with Gasteiger partial charge in [0.2, 0.25) is 0 Å². The summed E-state index contributed by atoms with van der Waals surface area (Å²) in [7, 11) is 0. The van der Waals surface area contributed by atoms with Crippen molar-refractivity contribution < 1.29 is 13.9 Å². The molecule has 0 fully saturated rings. The van der Waals surface area contributed by atoms with E-state index in [0.717, 1.165) is 0 Å². The second kappa shape index (κ2) is 6.68. The van der Waals surface area contributed by atoms with Crippen LogP contribution in [0.25, 0.3) is 6.08 Å². The molecule has 2 rings (SSSR count). The summed E-state index contributed by atoms with van der Waals surface area (Å²) in [6.45, 7) is 0. The van der Waals surface area contributed by atoms with Gasteiger partial charge in [-0.05, 0) is 57.9 Å². The predicted octanol–water partition coefficient (Wildman–Crippen LogP) is 4.86. The fraction of sp³-hybridized carbons (Fsp3) is 0. The monoisotopic (exact) mass is 354 g/mol. The number of benzene rings is 2. The minimum absolute atomic E-state index is 0.324. The molecule has 20 heavy (non-hydrogen) atoms. The Balaban J connectivity index is 2.03. The van der Waals surface area contributed by atoms with Crippen LogP contribution in [0.15, 0.2) is 53.0 Å². The van der Waals surface area contributed by atoms with Crippen LogP contribution in [0.1, 0.15) is 5.56 Å². The van der Waals surface area contributed by atoms with Gasteiger partial charge in [0.1, 0.15) is 11.6 Å². The topological polar surface area (TPSA) is 26.3 Å². The van der Waals surface area contributed by atoms with Crippen LogP contribution in [0, 0.1) is 5.82 Å². The van der Waals surface area contributed by atoms with Gasteiger partial charge < -0.3 is 4.74 Å². The lowest BCUT2D eigenvalue weighted by atomic mass is 10.2.